The lowest BCUT2D eigenvalue weighted by molar-refractivity contribution is 0.0928. The summed E-state index contributed by atoms with van der Waals surface area (Å²) < 4.78 is 16.4. The van der Waals surface area contributed by atoms with Crippen LogP contribution in [0.25, 0.3) is 0 Å². The molecule has 1 N–H and O–H groups in total. The SMILES string of the molecule is CC(=O)c1cccc(OCc2cc(C(=O)N[C@@H](c3ccccc3)c3ccco3)no2)c1. The minimum absolute atomic E-state index is 0.0476. The minimum atomic E-state index is -0.463. The first-order valence-electron chi connectivity index (χ1n) is 9.69. The first-order chi connectivity index (χ1) is 15.1. The van der Waals surface area contributed by atoms with Gasteiger partial charge >= 0.3 is 0 Å². The van der Waals surface area contributed by atoms with Gasteiger partial charge in [-0.25, -0.2) is 0 Å². The van der Waals surface area contributed by atoms with Crippen molar-refractivity contribution < 1.29 is 23.3 Å². The first-order valence-corrected chi connectivity index (χ1v) is 9.69. The Balaban J connectivity index is 1.44. The molecule has 0 aliphatic heterocycles. The van der Waals surface area contributed by atoms with Gasteiger partial charge in [0.25, 0.3) is 5.91 Å². The predicted octanol–water partition coefficient (Wildman–Crippen LogP) is 4.57. The fraction of sp³-hybridized carbons (Fsp3) is 0.125. The molecule has 4 rings (SSSR count). The number of rotatable bonds is 8. The maximum absolute atomic E-state index is 12.8. The molecule has 1 atom stereocenters. The average molecular weight is 416 g/mol. The zero-order valence-corrected chi connectivity index (χ0v) is 16.8. The molecule has 0 aliphatic carbocycles. The molecule has 4 aromatic rings. The Hall–Kier alpha value is -4.13. The standard InChI is InChI=1S/C24H20N2O5/c1-16(27)18-9-5-10-19(13-18)30-15-20-14-21(26-31-20)24(28)25-23(22-11-6-12-29-22)17-7-3-2-4-8-17/h2-14,23H,15H2,1H3,(H,25,28)/t23-/m0/s1. The summed E-state index contributed by atoms with van der Waals surface area (Å²) in [6.07, 6.45) is 1.56. The van der Waals surface area contributed by atoms with Crippen molar-refractivity contribution in [3.05, 3.63) is 107 Å². The van der Waals surface area contributed by atoms with Crippen LogP contribution in [0, 0.1) is 0 Å². The number of amides is 1. The summed E-state index contributed by atoms with van der Waals surface area (Å²) in [7, 11) is 0. The van der Waals surface area contributed by atoms with Gasteiger partial charge < -0.3 is 19.0 Å². The zero-order valence-electron chi connectivity index (χ0n) is 16.8. The summed E-state index contributed by atoms with van der Waals surface area (Å²) >= 11 is 0. The van der Waals surface area contributed by atoms with Crippen molar-refractivity contribution in [1.29, 1.82) is 0 Å². The van der Waals surface area contributed by atoms with Gasteiger partial charge in [-0.15, -0.1) is 0 Å². The molecule has 7 nitrogen and oxygen atoms in total. The molecule has 0 spiro atoms. The largest absolute Gasteiger partial charge is 0.486 e. The molecule has 2 aromatic heterocycles. The van der Waals surface area contributed by atoms with E-state index in [0.29, 0.717) is 22.8 Å². The highest BCUT2D eigenvalue weighted by molar-refractivity contribution is 5.94. The number of nitrogens with zero attached hydrogens (tertiary/aromatic N) is 1. The van der Waals surface area contributed by atoms with E-state index in [1.54, 1.807) is 42.7 Å². The summed E-state index contributed by atoms with van der Waals surface area (Å²) in [4.78, 5) is 24.3. The third-order valence-electron chi connectivity index (χ3n) is 4.65. The highest BCUT2D eigenvalue weighted by Crippen LogP contribution is 2.23. The zero-order chi connectivity index (χ0) is 21.6. The molecule has 0 fully saturated rings. The van der Waals surface area contributed by atoms with E-state index in [1.165, 1.54) is 13.0 Å². The van der Waals surface area contributed by atoms with Gasteiger partial charge in [0, 0.05) is 11.6 Å². The highest BCUT2D eigenvalue weighted by atomic mass is 16.5. The van der Waals surface area contributed by atoms with Crippen molar-refractivity contribution in [2.75, 3.05) is 0 Å². The van der Waals surface area contributed by atoms with Crippen LogP contribution in [0.5, 0.6) is 5.75 Å². The van der Waals surface area contributed by atoms with Crippen molar-refractivity contribution in [2.45, 2.75) is 19.6 Å². The van der Waals surface area contributed by atoms with Crippen LogP contribution < -0.4 is 10.1 Å². The monoisotopic (exact) mass is 416 g/mol. The number of carbonyl (C=O) groups excluding carboxylic acids is 2. The number of benzene rings is 2. The molecule has 0 radical (unpaired) electrons. The molecule has 0 saturated heterocycles. The van der Waals surface area contributed by atoms with Crippen LogP contribution in [-0.4, -0.2) is 16.8 Å². The van der Waals surface area contributed by atoms with Gasteiger partial charge in [-0.3, -0.25) is 9.59 Å². The van der Waals surface area contributed by atoms with Crippen LogP contribution in [0.4, 0.5) is 0 Å². The molecule has 0 unspecified atom stereocenters. The van der Waals surface area contributed by atoms with E-state index in [4.69, 9.17) is 13.7 Å². The molecule has 2 aromatic carbocycles. The van der Waals surface area contributed by atoms with E-state index < -0.39 is 11.9 Å². The van der Waals surface area contributed by atoms with Crippen molar-refractivity contribution in [3.8, 4) is 5.75 Å². The minimum Gasteiger partial charge on any atom is -0.486 e. The third kappa shape index (κ3) is 4.90. The van der Waals surface area contributed by atoms with Crippen LogP contribution in [0.1, 0.15) is 50.9 Å². The maximum Gasteiger partial charge on any atom is 0.274 e. The Morgan fingerprint density at radius 1 is 1.03 bits per heavy atom. The summed E-state index contributed by atoms with van der Waals surface area (Å²) in [5.41, 5.74) is 1.56. The number of hydrogen-bond donors (Lipinski definition) is 1. The second-order valence-corrected chi connectivity index (χ2v) is 6.88. The number of Topliss-reactive ketones (excluding diaryl/α,β-unsaturated/α-hetero) is 1. The lowest BCUT2D eigenvalue weighted by Gasteiger charge is -2.16. The third-order valence-corrected chi connectivity index (χ3v) is 4.65. The smallest absolute Gasteiger partial charge is 0.274 e. The Labute approximate surface area is 178 Å². The van der Waals surface area contributed by atoms with Crippen LogP contribution in [0.15, 0.2) is 88.0 Å². The van der Waals surface area contributed by atoms with E-state index in [2.05, 4.69) is 10.5 Å². The van der Waals surface area contributed by atoms with Crippen molar-refractivity contribution in [3.63, 3.8) is 0 Å². The van der Waals surface area contributed by atoms with E-state index in [1.807, 2.05) is 30.3 Å². The van der Waals surface area contributed by atoms with Gasteiger partial charge in [0.05, 0.1) is 6.26 Å². The molecule has 7 heteroatoms. The van der Waals surface area contributed by atoms with Gasteiger partial charge in [0.15, 0.2) is 17.2 Å². The molecule has 156 valence electrons. The van der Waals surface area contributed by atoms with E-state index in [-0.39, 0.29) is 18.1 Å². The van der Waals surface area contributed by atoms with Gasteiger partial charge in [0.1, 0.15) is 24.2 Å². The van der Waals surface area contributed by atoms with Gasteiger partial charge in [0.2, 0.25) is 0 Å². The summed E-state index contributed by atoms with van der Waals surface area (Å²) in [5, 5.41) is 6.78. The van der Waals surface area contributed by atoms with Gasteiger partial charge in [-0.05, 0) is 36.8 Å². The normalized spacial score (nSPS) is 11.6. The van der Waals surface area contributed by atoms with Crippen LogP contribution in [-0.2, 0) is 6.61 Å². The molecule has 1 amide bonds. The molecule has 2 heterocycles. The fourth-order valence-corrected chi connectivity index (χ4v) is 3.07. The number of ether oxygens (including phenoxy) is 1. The van der Waals surface area contributed by atoms with Crippen molar-refractivity contribution >= 4 is 11.7 Å². The average Bonchev–Trinajstić information content (AvgIpc) is 3.49. The Bertz CT molecular complexity index is 1170. The Morgan fingerprint density at radius 3 is 2.61 bits per heavy atom. The predicted molar refractivity (Wildman–Crippen MR) is 112 cm³/mol. The van der Waals surface area contributed by atoms with E-state index in [0.717, 1.165) is 5.56 Å². The number of aromatic nitrogens is 1. The first kappa shape index (κ1) is 20.2. The number of hydrogen-bond acceptors (Lipinski definition) is 6. The molecule has 31 heavy (non-hydrogen) atoms. The number of ketones is 1. The Kier molecular flexibility index (Phi) is 5.93. The van der Waals surface area contributed by atoms with Gasteiger partial charge in [-0.1, -0.05) is 47.6 Å². The molecule has 0 saturated carbocycles. The fourth-order valence-electron chi connectivity index (χ4n) is 3.07. The maximum atomic E-state index is 12.8. The molecular weight excluding hydrogens is 396 g/mol. The summed E-state index contributed by atoms with van der Waals surface area (Å²) in [6.45, 7) is 1.56. The number of furan rings is 1. The van der Waals surface area contributed by atoms with E-state index >= 15 is 0 Å². The summed E-state index contributed by atoms with van der Waals surface area (Å²) in [6, 6.07) is 21.0. The highest BCUT2D eigenvalue weighted by Gasteiger charge is 2.22. The lowest BCUT2D eigenvalue weighted by atomic mass is 10.0. The molecule has 0 aliphatic rings. The van der Waals surface area contributed by atoms with Crippen molar-refractivity contribution in [1.82, 2.24) is 10.5 Å². The van der Waals surface area contributed by atoms with Crippen LogP contribution in [0.3, 0.4) is 0 Å². The Morgan fingerprint density at radius 2 is 1.87 bits per heavy atom. The second kappa shape index (κ2) is 9.13. The van der Waals surface area contributed by atoms with Crippen LogP contribution in [0.2, 0.25) is 0 Å². The quantitative estimate of drug-likeness (QED) is 0.423. The number of nitrogens with one attached hydrogen (secondary N) is 1. The molecule has 0 bridgehead atoms. The topological polar surface area (TPSA) is 94.6 Å². The summed E-state index contributed by atoms with van der Waals surface area (Å²) in [5.74, 6) is 1.06. The number of carbonyl (C=O) groups is 2. The van der Waals surface area contributed by atoms with Crippen LogP contribution >= 0.6 is 0 Å². The van der Waals surface area contributed by atoms with E-state index in [9.17, 15) is 9.59 Å². The van der Waals surface area contributed by atoms with Crippen molar-refractivity contribution in [2.24, 2.45) is 0 Å². The lowest BCUT2D eigenvalue weighted by Crippen LogP contribution is -2.29. The molecular formula is C24H20N2O5. The second-order valence-electron chi connectivity index (χ2n) is 6.88. The van der Waals surface area contributed by atoms with Gasteiger partial charge in [-0.2, -0.15) is 0 Å².